The molecule has 4 aliphatic rings. The Bertz CT molecular complexity index is 563. The number of hydrogen-bond donors (Lipinski definition) is 1. The van der Waals surface area contributed by atoms with Gasteiger partial charge in [0.2, 0.25) is 0 Å². The summed E-state index contributed by atoms with van der Waals surface area (Å²) in [5, 5.41) is 0. The van der Waals surface area contributed by atoms with Crippen molar-refractivity contribution in [2.75, 3.05) is 0 Å². The summed E-state index contributed by atoms with van der Waals surface area (Å²) in [6, 6.07) is 10.4. The molecule has 5 rings (SSSR count). The second-order valence-electron chi connectivity index (χ2n) is 8.27. The molecule has 0 aromatic heterocycles. The normalized spacial score (nSPS) is 40.0. The fourth-order valence-corrected chi connectivity index (χ4v) is 4.91. The van der Waals surface area contributed by atoms with Crippen LogP contribution in [0, 0.1) is 17.3 Å². The van der Waals surface area contributed by atoms with Gasteiger partial charge in [0.15, 0.2) is 0 Å². The fraction of sp³-hybridized carbons (Fsp3) is 0.667. The Morgan fingerprint density at radius 3 is 2.68 bits per heavy atom. The molecular weight excluding hydrogens is 273 g/mol. The lowest BCUT2D eigenvalue weighted by Gasteiger charge is -2.63. The maximum Gasteiger partial charge on any atom is 0.475 e. The van der Waals surface area contributed by atoms with Crippen LogP contribution in [0.5, 0.6) is 0 Å². The van der Waals surface area contributed by atoms with E-state index in [1.165, 1.54) is 12.0 Å². The minimum Gasteiger partial charge on any atom is -0.404 e. The topological polar surface area (TPSA) is 44.5 Å². The molecular formula is C18H26BNO2. The van der Waals surface area contributed by atoms with Gasteiger partial charge in [-0.15, -0.1) is 0 Å². The molecule has 3 saturated carbocycles. The Morgan fingerprint density at radius 2 is 2.00 bits per heavy atom. The molecule has 22 heavy (non-hydrogen) atoms. The van der Waals surface area contributed by atoms with E-state index < -0.39 is 0 Å². The molecule has 5 atom stereocenters. The van der Waals surface area contributed by atoms with E-state index in [1.807, 2.05) is 6.07 Å². The zero-order valence-corrected chi connectivity index (χ0v) is 13.8. The molecule has 2 bridgehead atoms. The third-order valence-corrected chi connectivity index (χ3v) is 6.50. The molecule has 3 nitrogen and oxygen atoms in total. The molecule has 118 valence electrons. The van der Waals surface area contributed by atoms with Crippen LogP contribution in [0.25, 0.3) is 0 Å². The third kappa shape index (κ3) is 2.08. The summed E-state index contributed by atoms with van der Waals surface area (Å²) in [7, 11) is -0.273. The fourth-order valence-electron chi connectivity index (χ4n) is 4.91. The third-order valence-electron chi connectivity index (χ3n) is 6.50. The van der Waals surface area contributed by atoms with E-state index in [-0.39, 0.29) is 24.8 Å². The van der Waals surface area contributed by atoms with Crippen molar-refractivity contribution in [3.8, 4) is 0 Å². The van der Waals surface area contributed by atoms with E-state index in [1.54, 1.807) is 0 Å². The summed E-state index contributed by atoms with van der Waals surface area (Å²) in [5.74, 6) is 1.28. The summed E-state index contributed by atoms with van der Waals surface area (Å²) in [4.78, 5) is 0. The van der Waals surface area contributed by atoms with Crippen molar-refractivity contribution in [3.05, 3.63) is 35.9 Å². The average molecular weight is 299 g/mol. The molecule has 2 N–H and O–H groups in total. The van der Waals surface area contributed by atoms with Crippen molar-refractivity contribution < 1.29 is 9.31 Å². The van der Waals surface area contributed by atoms with Crippen LogP contribution < -0.4 is 5.73 Å². The number of hydrogen-bond acceptors (Lipinski definition) is 3. The monoisotopic (exact) mass is 299 g/mol. The maximum atomic E-state index is 6.40. The van der Waals surface area contributed by atoms with Gasteiger partial charge in [-0.1, -0.05) is 44.2 Å². The van der Waals surface area contributed by atoms with Gasteiger partial charge in [-0.3, -0.25) is 0 Å². The van der Waals surface area contributed by atoms with Crippen LogP contribution >= 0.6 is 0 Å². The quantitative estimate of drug-likeness (QED) is 0.873. The first-order valence-corrected chi connectivity index (χ1v) is 8.53. The lowest BCUT2D eigenvalue weighted by atomic mass is 9.45. The highest BCUT2D eigenvalue weighted by Gasteiger charge is 2.67. The van der Waals surface area contributed by atoms with Crippen molar-refractivity contribution in [2.24, 2.45) is 23.0 Å². The highest BCUT2D eigenvalue weighted by Crippen LogP contribution is 2.64. The van der Waals surface area contributed by atoms with Crippen LogP contribution in [0.3, 0.4) is 0 Å². The second-order valence-corrected chi connectivity index (χ2v) is 8.27. The Balaban J connectivity index is 1.48. The van der Waals surface area contributed by atoms with Crippen LogP contribution in [-0.2, 0) is 15.7 Å². The van der Waals surface area contributed by atoms with Gasteiger partial charge in [0, 0.05) is 5.94 Å². The molecule has 1 aromatic carbocycles. The second kappa shape index (κ2) is 4.83. The standard InChI is InChI=1S/C18H26BNO2/c1-17(2)13-10-14(17)16-18(3,11-13)22-19(21-16)15(20)9-12-7-5-4-6-8-12/h4-8,13-16H,9-11,20H2,1-3H3/t13-,14+,15?,16-,18+/m0/s1. The predicted octanol–water partition coefficient (Wildman–Crippen LogP) is 2.82. The summed E-state index contributed by atoms with van der Waals surface area (Å²) in [6.07, 6.45) is 3.40. The Kier molecular flexibility index (Phi) is 3.23. The molecule has 1 aliphatic heterocycles. The number of nitrogens with two attached hydrogens (primary N) is 1. The molecule has 1 heterocycles. The van der Waals surface area contributed by atoms with Crippen molar-refractivity contribution in [2.45, 2.75) is 57.7 Å². The first kappa shape index (κ1) is 14.7. The van der Waals surface area contributed by atoms with Crippen LogP contribution in [-0.4, -0.2) is 24.8 Å². The van der Waals surface area contributed by atoms with Crippen molar-refractivity contribution in [3.63, 3.8) is 0 Å². The summed E-state index contributed by atoms with van der Waals surface area (Å²) >= 11 is 0. The van der Waals surface area contributed by atoms with Gasteiger partial charge in [0.05, 0.1) is 11.7 Å². The smallest absolute Gasteiger partial charge is 0.404 e. The average Bonchev–Trinajstić information content (AvgIpc) is 2.85. The van der Waals surface area contributed by atoms with E-state index in [9.17, 15) is 0 Å². The molecule has 4 heteroatoms. The van der Waals surface area contributed by atoms with Gasteiger partial charge in [-0.05, 0) is 49.0 Å². The van der Waals surface area contributed by atoms with Crippen molar-refractivity contribution >= 4 is 7.12 Å². The van der Waals surface area contributed by atoms with Crippen molar-refractivity contribution in [1.29, 1.82) is 0 Å². The van der Waals surface area contributed by atoms with Gasteiger partial charge in [0.1, 0.15) is 0 Å². The molecule has 0 amide bonds. The van der Waals surface area contributed by atoms with E-state index in [2.05, 4.69) is 45.0 Å². The van der Waals surface area contributed by atoms with Crippen LogP contribution in [0.1, 0.15) is 39.2 Å². The molecule has 1 saturated heterocycles. The summed E-state index contributed by atoms with van der Waals surface area (Å²) in [6.45, 7) is 6.99. The molecule has 1 unspecified atom stereocenters. The maximum absolute atomic E-state index is 6.40. The number of rotatable bonds is 3. The zero-order valence-electron chi connectivity index (χ0n) is 13.8. The molecule has 3 aliphatic carbocycles. The Labute approximate surface area is 133 Å². The van der Waals surface area contributed by atoms with E-state index in [0.29, 0.717) is 11.3 Å². The predicted molar refractivity (Wildman–Crippen MR) is 88.2 cm³/mol. The summed E-state index contributed by atoms with van der Waals surface area (Å²) < 4.78 is 12.7. The molecule has 0 radical (unpaired) electrons. The highest BCUT2D eigenvalue weighted by atomic mass is 16.7. The molecule has 4 fully saturated rings. The summed E-state index contributed by atoms with van der Waals surface area (Å²) in [5.41, 5.74) is 7.90. The lowest BCUT2D eigenvalue weighted by molar-refractivity contribution is -0.185. The van der Waals surface area contributed by atoms with E-state index in [0.717, 1.165) is 18.8 Å². The highest BCUT2D eigenvalue weighted by molar-refractivity contribution is 6.47. The zero-order chi connectivity index (χ0) is 15.5. The van der Waals surface area contributed by atoms with Gasteiger partial charge in [-0.25, -0.2) is 0 Å². The van der Waals surface area contributed by atoms with E-state index in [4.69, 9.17) is 15.0 Å². The van der Waals surface area contributed by atoms with Crippen LogP contribution in [0.15, 0.2) is 30.3 Å². The van der Waals surface area contributed by atoms with Gasteiger partial charge >= 0.3 is 7.12 Å². The lowest BCUT2D eigenvalue weighted by Crippen LogP contribution is -2.63. The number of benzene rings is 1. The SMILES string of the molecule is CC1(C)[C@H]2C[C@@H]1[C@@H]1OB(C(N)Cc3ccccc3)O[C@]1(C)C2. The van der Waals surface area contributed by atoms with Gasteiger partial charge < -0.3 is 15.0 Å². The minimum atomic E-state index is -0.273. The molecule has 1 aromatic rings. The van der Waals surface area contributed by atoms with Crippen LogP contribution in [0.4, 0.5) is 0 Å². The Hall–Kier alpha value is -0.835. The minimum absolute atomic E-state index is 0.106. The molecule has 0 spiro atoms. The van der Waals surface area contributed by atoms with Crippen molar-refractivity contribution in [1.82, 2.24) is 0 Å². The van der Waals surface area contributed by atoms with Gasteiger partial charge in [0.25, 0.3) is 0 Å². The Morgan fingerprint density at radius 1 is 1.27 bits per heavy atom. The van der Waals surface area contributed by atoms with Crippen LogP contribution in [0.2, 0.25) is 0 Å². The van der Waals surface area contributed by atoms with Gasteiger partial charge in [-0.2, -0.15) is 0 Å². The van der Waals surface area contributed by atoms with E-state index >= 15 is 0 Å². The first-order chi connectivity index (χ1) is 10.4. The first-order valence-electron chi connectivity index (χ1n) is 8.53. The largest absolute Gasteiger partial charge is 0.475 e.